The maximum absolute atomic E-state index is 11.2. The minimum atomic E-state index is 0.0383. The Morgan fingerprint density at radius 3 is 2.93 bits per heavy atom. The van der Waals surface area contributed by atoms with Gasteiger partial charge < -0.3 is 10.6 Å². The molecule has 14 heavy (non-hydrogen) atoms. The molecule has 0 aliphatic carbocycles. The first-order chi connectivity index (χ1) is 6.72. The Kier molecular flexibility index (Phi) is 5.14. The lowest BCUT2D eigenvalue weighted by Gasteiger charge is -2.03. The maximum Gasteiger partial charge on any atom is 0.234 e. The fraction of sp³-hybridized carbons (Fsp3) is 0.444. The molecule has 0 spiro atoms. The zero-order valence-corrected chi connectivity index (χ0v) is 10.4. The standard InChI is InChI=1S/C9H13BrN2OS/c1-2-11-6-9(13)12-5-7-3-4-8(10)14-7/h3-4,11H,2,5-6H2,1H3,(H,12,13). The third-order valence-corrected chi connectivity index (χ3v) is 3.25. The van der Waals surface area contributed by atoms with Crippen molar-refractivity contribution >= 4 is 33.2 Å². The van der Waals surface area contributed by atoms with Gasteiger partial charge in [-0.3, -0.25) is 4.79 Å². The van der Waals surface area contributed by atoms with Gasteiger partial charge >= 0.3 is 0 Å². The van der Waals surface area contributed by atoms with E-state index in [1.807, 2.05) is 19.1 Å². The molecule has 1 aromatic heterocycles. The lowest BCUT2D eigenvalue weighted by atomic mass is 10.4. The van der Waals surface area contributed by atoms with Crippen molar-refractivity contribution in [3.05, 3.63) is 20.8 Å². The molecule has 0 aliphatic heterocycles. The summed E-state index contributed by atoms with van der Waals surface area (Å²) in [4.78, 5) is 12.4. The van der Waals surface area contributed by atoms with Gasteiger partial charge in [0, 0.05) is 4.88 Å². The van der Waals surface area contributed by atoms with Crippen LogP contribution >= 0.6 is 27.3 Å². The number of hydrogen-bond donors (Lipinski definition) is 2. The Labute approximate surface area is 96.0 Å². The first-order valence-electron chi connectivity index (χ1n) is 4.44. The highest BCUT2D eigenvalue weighted by Crippen LogP contribution is 2.21. The van der Waals surface area contributed by atoms with E-state index in [0.29, 0.717) is 13.1 Å². The molecular formula is C9H13BrN2OS. The van der Waals surface area contributed by atoms with Gasteiger partial charge in [0.15, 0.2) is 0 Å². The van der Waals surface area contributed by atoms with Gasteiger partial charge in [0.05, 0.1) is 16.9 Å². The molecule has 5 heteroatoms. The molecule has 0 bridgehead atoms. The summed E-state index contributed by atoms with van der Waals surface area (Å²) in [5, 5.41) is 5.81. The fourth-order valence-corrected chi connectivity index (χ4v) is 2.36. The second kappa shape index (κ2) is 6.16. The molecule has 0 unspecified atom stereocenters. The predicted octanol–water partition coefficient (Wildman–Crippen LogP) is 1.74. The van der Waals surface area contributed by atoms with Gasteiger partial charge in [-0.25, -0.2) is 0 Å². The number of amides is 1. The van der Waals surface area contributed by atoms with Crippen LogP contribution in [-0.4, -0.2) is 19.0 Å². The number of thiophene rings is 1. The molecule has 78 valence electrons. The smallest absolute Gasteiger partial charge is 0.234 e. The van der Waals surface area contributed by atoms with Crippen LogP contribution < -0.4 is 10.6 Å². The molecule has 3 nitrogen and oxygen atoms in total. The number of hydrogen-bond acceptors (Lipinski definition) is 3. The predicted molar refractivity (Wildman–Crippen MR) is 62.4 cm³/mol. The van der Waals surface area contributed by atoms with E-state index in [0.717, 1.165) is 15.2 Å². The van der Waals surface area contributed by atoms with Crippen LogP contribution in [0.15, 0.2) is 15.9 Å². The van der Waals surface area contributed by atoms with Crippen molar-refractivity contribution in [3.63, 3.8) is 0 Å². The lowest BCUT2D eigenvalue weighted by molar-refractivity contribution is -0.120. The van der Waals surface area contributed by atoms with Crippen LogP contribution in [0.25, 0.3) is 0 Å². The van der Waals surface area contributed by atoms with Gasteiger partial charge in [-0.1, -0.05) is 6.92 Å². The van der Waals surface area contributed by atoms with E-state index in [4.69, 9.17) is 0 Å². The molecule has 0 atom stereocenters. The number of carbonyl (C=O) groups is 1. The summed E-state index contributed by atoms with van der Waals surface area (Å²) in [5.41, 5.74) is 0. The van der Waals surface area contributed by atoms with E-state index in [1.165, 1.54) is 0 Å². The van der Waals surface area contributed by atoms with E-state index in [-0.39, 0.29) is 5.91 Å². The third-order valence-electron chi connectivity index (χ3n) is 1.62. The molecule has 1 amide bonds. The molecule has 0 saturated carbocycles. The van der Waals surface area contributed by atoms with Crippen LogP contribution in [0.3, 0.4) is 0 Å². The zero-order valence-electron chi connectivity index (χ0n) is 7.97. The SMILES string of the molecule is CCNCC(=O)NCc1ccc(Br)s1. The van der Waals surface area contributed by atoms with Crippen LogP contribution in [0.2, 0.25) is 0 Å². The van der Waals surface area contributed by atoms with Gasteiger partial charge in [-0.15, -0.1) is 11.3 Å². The summed E-state index contributed by atoms with van der Waals surface area (Å²) in [6.45, 7) is 3.80. The highest BCUT2D eigenvalue weighted by molar-refractivity contribution is 9.11. The van der Waals surface area contributed by atoms with Crippen molar-refractivity contribution in [2.75, 3.05) is 13.1 Å². The van der Waals surface area contributed by atoms with Crippen LogP contribution in [0.5, 0.6) is 0 Å². The monoisotopic (exact) mass is 276 g/mol. The number of likely N-dealkylation sites (N-methyl/N-ethyl adjacent to an activating group) is 1. The summed E-state index contributed by atoms with van der Waals surface area (Å²) < 4.78 is 1.09. The third kappa shape index (κ3) is 4.21. The number of carbonyl (C=O) groups excluding carboxylic acids is 1. The molecule has 2 N–H and O–H groups in total. The Bertz CT molecular complexity index is 301. The van der Waals surface area contributed by atoms with Gasteiger partial charge in [0.2, 0.25) is 5.91 Å². The Morgan fingerprint density at radius 1 is 1.57 bits per heavy atom. The molecule has 0 fully saturated rings. The summed E-state index contributed by atoms with van der Waals surface area (Å²) in [6, 6.07) is 3.98. The van der Waals surface area contributed by atoms with E-state index < -0.39 is 0 Å². The topological polar surface area (TPSA) is 41.1 Å². The van der Waals surface area contributed by atoms with Crippen molar-refractivity contribution in [2.24, 2.45) is 0 Å². The quantitative estimate of drug-likeness (QED) is 0.860. The lowest BCUT2D eigenvalue weighted by Crippen LogP contribution is -2.33. The van der Waals surface area contributed by atoms with E-state index in [2.05, 4.69) is 26.6 Å². The number of nitrogens with one attached hydrogen (secondary N) is 2. The van der Waals surface area contributed by atoms with Gasteiger partial charge in [0.1, 0.15) is 0 Å². The van der Waals surface area contributed by atoms with Crippen molar-refractivity contribution in [1.29, 1.82) is 0 Å². The second-order valence-electron chi connectivity index (χ2n) is 2.76. The normalized spacial score (nSPS) is 10.1. The van der Waals surface area contributed by atoms with E-state index in [9.17, 15) is 4.79 Å². The minimum absolute atomic E-state index is 0.0383. The van der Waals surface area contributed by atoms with Crippen LogP contribution in [0.4, 0.5) is 0 Å². The van der Waals surface area contributed by atoms with Crippen molar-refractivity contribution in [2.45, 2.75) is 13.5 Å². The Hall–Kier alpha value is -0.390. The van der Waals surface area contributed by atoms with Crippen LogP contribution in [0, 0.1) is 0 Å². The molecule has 1 aromatic rings. The average molecular weight is 277 g/mol. The van der Waals surface area contributed by atoms with Gasteiger partial charge in [0.25, 0.3) is 0 Å². The Morgan fingerprint density at radius 2 is 2.36 bits per heavy atom. The molecule has 1 rings (SSSR count). The largest absolute Gasteiger partial charge is 0.350 e. The van der Waals surface area contributed by atoms with E-state index in [1.54, 1.807) is 11.3 Å². The van der Waals surface area contributed by atoms with Crippen molar-refractivity contribution in [1.82, 2.24) is 10.6 Å². The summed E-state index contributed by atoms with van der Waals surface area (Å²) >= 11 is 5.01. The van der Waals surface area contributed by atoms with E-state index >= 15 is 0 Å². The van der Waals surface area contributed by atoms with Crippen molar-refractivity contribution < 1.29 is 4.79 Å². The first kappa shape index (κ1) is 11.7. The molecule has 0 aliphatic rings. The summed E-state index contributed by atoms with van der Waals surface area (Å²) in [6.07, 6.45) is 0. The minimum Gasteiger partial charge on any atom is -0.350 e. The first-order valence-corrected chi connectivity index (χ1v) is 6.05. The second-order valence-corrected chi connectivity index (χ2v) is 5.31. The van der Waals surface area contributed by atoms with Crippen LogP contribution in [0.1, 0.15) is 11.8 Å². The fourth-order valence-electron chi connectivity index (χ4n) is 0.933. The zero-order chi connectivity index (χ0) is 10.4. The van der Waals surface area contributed by atoms with Crippen molar-refractivity contribution in [3.8, 4) is 0 Å². The average Bonchev–Trinajstić information content (AvgIpc) is 2.58. The Balaban J connectivity index is 2.23. The summed E-state index contributed by atoms with van der Waals surface area (Å²) in [5.74, 6) is 0.0383. The molecule has 0 saturated heterocycles. The van der Waals surface area contributed by atoms with Gasteiger partial charge in [-0.05, 0) is 34.6 Å². The van der Waals surface area contributed by atoms with Gasteiger partial charge in [-0.2, -0.15) is 0 Å². The molecular weight excluding hydrogens is 264 g/mol. The van der Waals surface area contributed by atoms with Crippen LogP contribution in [-0.2, 0) is 11.3 Å². The molecule has 1 heterocycles. The summed E-state index contributed by atoms with van der Waals surface area (Å²) in [7, 11) is 0. The number of halogens is 1. The highest BCUT2D eigenvalue weighted by atomic mass is 79.9. The maximum atomic E-state index is 11.2. The molecule has 0 aromatic carbocycles. The highest BCUT2D eigenvalue weighted by Gasteiger charge is 2.01. The number of rotatable bonds is 5. The molecule has 0 radical (unpaired) electrons.